The van der Waals surface area contributed by atoms with Crippen LogP contribution in [0.4, 0.5) is 18.9 Å². The monoisotopic (exact) mass is 294 g/mol. The summed E-state index contributed by atoms with van der Waals surface area (Å²) in [6.07, 6.45) is 0. The van der Waals surface area contributed by atoms with E-state index >= 15 is 0 Å². The number of hydrogen-bond acceptors (Lipinski definition) is 2. The standard InChI is InChI=1S/C15H13F3N2O/c16-11-2-1-3-13(7-11)20-15(21)9-19-8-10-6-12(17)4-5-14(10)18/h1-7,19H,8-9H2,(H,20,21). The van der Waals surface area contributed by atoms with Crippen molar-refractivity contribution in [2.75, 3.05) is 11.9 Å². The van der Waals surface area contributed by atoms with Gasteiger partial charge in [-0.2, -0.15) is 0 Å². The number of amides is 1. The van der Waals surface area contributed by atoms with Crippen LogP contribution >= 0.6 is 0 Å². The second kappa shape index (κ2) is 6.90. The van der Waals surface area contributed by atoms with Crippen LogP contribution in [0.1, 0.15) is 5.56 Å². The lowest BCUT2D eigenvalue weighted by molar-refractivity contribution is -0.115. The van der Waals surface area contributed by atoms with Gasteiger partial charge in [-0.05, 0) is 36.4 Å². The first-order valence-electron chi connectivity index (χ1n) is 6.24. The number of anilines is 1. The number of halogens is 3. The van der Waals surface area contributed by atoms with Crippen LogP contribution in [0.15, 0.2) is 42.5 Å². The van der Waals surface area contributed by atoms with E-state index in [-0.39, 0.29) is 18.7 Å². The normalized spacial score (nSPS) is 10.4. The van der Waals surface area contributed by atoms with Gasteiger partial charge in [-0.1, -0.05) is 6.07 Å². The molecule has 2 rings (SSSR count). The molecule has 0 radical (unpaired) electrons. The Balaban J connectivity index is 1.83. The van der Waals surface area contributed by atoms with E-state index in [1.807, 2.05) is 0 Å². The van der Waals surface area contributed by atoms with Crippen LogP contribution in [0, 0.1) is 17.5 Å². The van der Waals surface area contributed by atoms with Crippen molar-refractivity contribution in [1.29, 1.82) is 0 Å². The average Bonchev–Trinajstić information content (AvgIpc) is 2.42. The molecule has 1 amide bonds. The zero-order valence-corrected chi connectivity index (χ0v) is 11.0. The zero-order chi connectivity index (χ0) is 15.2. The molecule has 0 aliphatic carbocycles. The molecular formula is C15H13F3N2O. The molecule has 2 aromatic carbocycles. The van der Waals surface area contributed by atoms with E-state index in [1.165, 1.54) is 18.2 Å². The van der Waals surface area contributed by atoms with Crippen molar-refractivity contribution in [3.63, 3.8) is 0 Å². The van der Waals surface area contributed by atoms with Gasteiger partial charge in [0.05, 0.1) is 6.54 Å². The quantitative estimate of drug-likeness (QED) is 0.890. The SMILES string of the molecule is O=C(CNCc1cc(F)ccc1F)Nc1cccc(F)c1. The lowest BCUT2D eigenvalue weighted by atomic mass is 10.2. The van der Waals surface area contributed by atoms with Crippen LogP contribution in [0.3, 0.4) is 0 Å². The smallest absolute Gasteiger partial charge is 0.238 e. The molecule has 0 spiro atoms. The Labute approximate surface area is 119 Å². The summed E-state index contributed by atoms with van der Waals surface area (Å²) in [5, 5.41) is 5.18. The molecule has 0 unspecified atom stereocenters. The number of hydrogen-bond donors (Lipinski definition) is 2. The van der Waals surface area contributed by atoms with E-state index in [0.29, 0.717) is 5.69 Å². The highest BCUT2D eigenvalue weighted by molar-refractivity contribution is 5.92. The molecule has 0 heterocycles. The molecule has 21 heavy (non-hydrogen) atoms. The molecule has 2 N–H and O–H groups in total. The highest BCUT2D eigenvalue weighted by Crippen LogP contribution is 2.10. The van der Waals surface area contributed by atoms with Crippen molar-refractivity contribution in [3.8, 4) is 0 Å². The summed E-state index contributed by atoms with van der Waals surface area (Å²) >= 11 is 0. The molecule has 3 nitrogen and oxygen atoms in total. The van der Waals surface area contributed by atoms with Crippen LogP contribution in [0.2, 0.25) is 0 Å². The van der Waals surface area contributed by atoms with Crippen molar-refractivity contribution >= 4 is 11.6 Å². The van der Waals surface area contributed by atoms with Crippen molar-refractivity contribution in [3.05, 3.63) is 65.5 Å². The summed E-state index contributed by atoms with van der Waals surface area (Å²) in [4.78, 5) is 11.6. The zero-order valence-electron chi connectivity index (χ0n) is 11.0. The van der Waals surface area contributed by atoms with Crippen molar-refractivity contribution in [1.82, 2.24) is 5.32 Å². The topological polar surface area (TPSA) is 41.1 Å². The van der Waals surface area contributed by atoms with Gasteiger partial charge in [0.25, 0.3) is 0 Å². The molecule has 0 fully saturated rings. The Kier molecular flexibility index (Phi) is 4.94. The predicted octanol–water partition coefficient (Wildman–Crippen LogP) is 2.83. The number of benzene rings is 2. The van der Waals surface area contributed by atoms with E-state index in [9.17, 15) is 18.0 Å². The maximum Gasteiger partial charge on any atom is 0.238 e. The molecule has 2 aromatic rings. The van der Waals surface area contributed by atoms with Gasteiger partial charge in [-0.3, -0.25) is 4.79 Å². The summed E-state index contributed by atoms with van der Waals surface area (Å²) in [5.74, 6) is -1.95. The Morgan fingerprint density at radius 2 is 1.76 bits per heavy atom. The van der Waals surface area contributed by atoms with Gasteiger partial charge in [0, 0.05) is 17.8 Å². The van der Waals surface area contributed by atoms with Gasteiger partial charge in [-0.25, -0.2) is 13.2 Å². The van der Waals surface area contributed by atoms with E-state index in [0.717, 1.165) is 18.2 Å². The minimum Gasteiger partial charge on any atom is -0.325 e. The molecule has 110 valence electrons. The third-order valence-electron chi connectivity index (χ3n) is 2.72. The molecule has 0 atom stereocenters. The minimum atomic E-state index is -0.547. The molecule has 6 heteroatoms. The van der Waals surface area contributed by atoms with Gasteiger partial charge < -0.3 is 10.6 Å². The lowest BCUT2D eigenvalue weighted by Gasteiger charge is -2.07. The Hall–Kier alpha value is -2.34. The van der Waals surface area contributed by atoms with Gasteiger partial charge in [0.15, 0.2) is 0 Å². The van der Waals surface area contributed by atoms with Crippen molar-refractivity contribution in [2.45, 2.75) is 6.54 Å². The average molecular weight is 294 g/mol. The number of carbonyl (C=O) groups excluding carboxylic acids is 1. The van der Waals surface area contributed by atoms with E-state index < -0.39 is 23.4 Å². The highest BCUT2D eigenvalue weighted by atomic mass is 19.1. The highest BCUT2D eigenvalue weighted by Gasteiger charge is 2.06. The van der Waals surface area contributed by atoms with Crippen molar-refractivity contribution < 1.29 is 18.0 Å². The maximum absolute atomic E-state index is 13.3. The number of carbonyl (C=O) groups is 1. The molecular weight excluding hydrogens is 281 g/mol. The maximum atomic E-state index is 13.3. The summed E-state index contributed by atoms with van der Waals surface area (Å²) < 4.78 is 39.2. The summed E-state index contributed by atoms with van der Waals surface area (Å²) in [6.45, 7) is -0.0906. The third-order valence-corrected chi connectivity index (χ3v) is 2.72. The summed E-state index contributed by atoms with van der Waals surface area (Å²) in [5.41, 5.74) is 0.465. The molecule has 0 bridgehead atoms. The molecule has 0 aliphatic rings. The minimum absolute atomic E-state index is 0.0141. The Morgan fingerprint density at radius 1 is 1.00 bits per heavy atom. The fourth-order valence-corrected chi connectivity index (χ4v) is 1.76. The number of rotatable bonds is 5. The van der Waals surface area contributed by atoms with E-state index in [2.05, 4.69) is 10.6 Å². The van der Waals surface area contributed by atoms with E-state index in [1.54, 1.807) is 6.07 Å². The fraction of sp³-hybridized carbons (Fsp3) is 0.133. The summed E-state index contributed by atoms with van der Waals surface area (Å²) in [6, 6.07) is 8.58. The van der Waals surface area contributed by atoms with E-state index in [4.69, 9.17) is 0 Å². The summed E-state index contributed by atoms with van der Waals surface area (Å²) in [7, 11) is 0. The largest absolute Gasteiger partial charge is 0.325 e. The predicted molar refractivity (Wildman–Crippen MR) is 73.1 cm³/mol. The fourth-order valence-electron chi connectivity index (χ4n) is 1.76. The van der Waals surface area contributed by atoms with Gasteiger partial charge in [-0.15, -0.1) is 0 Å². The van der Waals surface area contributed by atoms with Crippen LogP contribution in [0.25, 0.3) is 0 Å². The molecule has 0 aromatic heterocycles. The lowest BCUT2D eigenvalue weighted by Crippen LogP contribution is -2.28. The van der Waals surface area contributed by atoms with Crippen LogP contribution in [-0.4, -0.2) is 12.5 Å². The third kappa shape index (κ3) is 4.61. The van der Waals surface area contributed by atoms with Crippen molar-refractivity contribution in [2.24, 2.45) is 0 Å². The van der Waals surface area contributed by atoms with Crippen LogP contribution in [0.5, 0.6) is 0 Å². The van der Waals surface area contributed by atoms with Gasteiger partial charge in [0.1, 0.15) is 17.5 Å². The molecule has 0 saturated carbocycles. The Morgan fingerprint density at radius 3 is 2.52 bits per heavy atom. The van der Waals surface area contributed by atoms with Crippen LogP contribution in [-0.2, 0) is 11.3 Å². The first kappa shape index (κ1) is 15.1. The first-order chi connectivity index (χ1) is 10.0. The Bertz CT molecular complexity index is 647. The van der Waals surface area contributed by atoms with Gasteiger partial charge >= 0.3 is 0 Å². The molecule has 0 saturated heterocycles. The first-order valence-corrected chi connectivity index (χ1v) is 6.24. The van der Waals surface area contributed by atoms with Gasteiger partial charge in [0.2, 0.25) is 5.91 Å². The second-order valence-electron chi connectivity index (χ2n) is 4.40. The van der Waals surface area contributed by atoms with Crippen LogP contribution < -0.4 is 10.6 Å². The second-order valence-corrected chi connectivity index (χ2v) is 4.40. The number of nitrogens with one attached hydrogen (secondary N) is 2. The molecule has 0 aliphatic heterocycles.